The molecule has 0 fully saturated rings. The van der Waals surface area contributed by atoms with Crippen LogP contribution in [0.5, 0.6) is 5.75 Å². The van der Waals surface area contributed by atoms with Crippen LogP contribution < -0.4 is 14.9 Å². The maximum atomic E-state index is 13.2. The number of nitrogens with one attached hydrogen (secondary N) is 2. The number of hydrogen-bond donors (Lipinski definition) is 3. The topological polar surface area (TPSA) is 112 Å². The fourth-order valence-electron chi connectivity index (χ4n) is 3.68. The molecule has 12 heteroatoms. The first-order valence-electron chi connectivity index (χ1n) is 10.6. The predicted molar refractivity (Wildman–Crippen MR) is 126 cm³/mol. The fraction of sp³-hybridized carbons (Fsp3) is 0.217. The van der Waals surface area contributed by atoms with Crippen molar-refractivity contribution in [3.05, 3.63) is 65.7 Å². The maximum Gasteiger partial charge on any atom is 0.482 e. The summed E-state index contributed by atoms with van der Waals surface area (Å²) in [5, 5.41) is 11.4. The van der Waals surface area contributed by atoms with Gasteiger partial charge in [-0.25, -0.2) is 13.4 Å². The zero-order valence-corrected chi connectivity index (χ0v) is 19.2. The summed E-state index contributed by atoms with van der Waals surface area (Å²) >= 11 is 0. The van der Waals surface area contributed by atoms with Gasteiger partial charge in [0, 0.05) is 17.8 Å². The molecule has 35 heavy (non-hydrogen) atoms. The number of pyridine rings is 1. The lowest BCUT2D eigenvalue weighted by Crippen LogP contribution is -2.38. The minimum absolute atomic E-state index is 0.0768. The Labute approximate surface area is 199 Å². The molecule has 3 N–H and O–H groups in total. The molecule has 4 rings (SSSR count). The maximum absolute atomic E-state index is 13.2. The van der Waals surface area contributed by atoms with Crippen molar-refractivity contribution in [2.45, 2.75) is 19.6 Å². The number of benzene rings is 2. The number of hydrogen-bond acceptors (Lipinski definition) is 6. The molecule has 3 aromatic rings. The molecule has 0 atom stereocenters. The molecule has 1 aliphatic rings. The van der Waals surface area contributed by atoms with Gasteiger partial charge in [-0.2, -0.15) is 13.2 Å². The van der Waals surface area contributed by atoms with E-state index in [0.717, 1.165) is 11.1 Å². The second kappa shape index (κ2) is 9.10. The number of carbonyl (C=O) groups excluding carboxylic acids is 1. The van der Waals surface area contributed by atoms with E-state index in [1.54, 1.807) is 24.3 Å². The van der Waals surface area contributed by atoms with E-state index in [-0.39, 0.29) is 41.3 Å². The minimum atomic E-state index is -4.52. The standard InChI is InChI=1S/C23H21F3N4O4S/c1-2-35(33,34)29-21-19(31)9-10-20(27-21)30-12-11-16-13-15(5-8-18(16)22(30)32)14-3-6-17(7-4-14)28-23(24,25)26/h3-10,13,28,31H,2,11-12H2,1H3,(H,27,29). The number of aromatic hydroxyl groups is 1. The van der Waals surface area contributed by atoms with Crippen molar-refractivity contribution in [3.8, 4) is 16.9 Å². The van der Waals surface area contributed by atoms with E-state index in [4.69, 9.17) is 0 Å². The second-order valence-corrected chi connectivity index (χ2v) is 9.83. The molecular weight excluding hydrogens is 485 g/mol. The van der Waals surface area contributed by atoms with Crippen LogP contribution in [0.15, 0.2) is 54.6 Å². The summed E-state index contributed by atoms with van der Waals surface area (Å²) in [6.45, 7) is 1.71. The molecule has 0 spiro atoms. The molecule has 184 valence electrons. The first-order valence-corrected chi connectivity index (χ1v) is 12.2. The predicted octanol–water partition coefficient (Wildman–Crippen LogP) is 4.35. The molecule has 0 saturated heterocycles. The van der Waals surface area contributed by atoms with Crippen LogP contribution in [0.4, 0.5) is 30.5 Å². The molecule has 8 nitrogen and oxygen atoms in total. The van der Waals surface area contributed by atoms with Crippen molar-refractivity contribution in [1.82, 2.24) is 4.98 Å². The van der Waals surface area contributed by atoms with E-state index in [1.165, 1.54) is 41.4 Å². The summed E-state index contributed by atoms with van der Waals surface area (Å²) in [4.78, 5) is 18.7. The quantitative estimate of drug-likeness (QED) is 0.429. The van der Waals surface area contributed by atoms with E-state index in [2.05, 4.69) is 9.71 Å². The largest absolute Gasteiger partial charge is 0.504 e. The normalized spacial score (nSPS) is 13.9. The summed E-state index contributed by atoms with van der Waals surface area (Å²) in [6.07, 6.45) is -4.05. The van der Waals surface area contributed by atoms with Gasteiger partial charge in [-0.05, 0) is 60.4 Å². The number of sulfonamides is 1. The van der Waals surface area contributed by atoms with Crippen LogP contribution in [0.25, 0.3) is 11.1 Å². The number of amides is 1. The van der Waals surface area contributed by atoms with Crippen LogP contribution in [0.2, 0.25) is 0 Å². The van der Waals surface area contributed by atoms with Crippen LogP contribution in [0.3, 0.4) is 0 Å². The van der Waals surface area contributed by atoms with Crippen molar-refractivity contribution in [1.29, 1.82) is 0 Å². The van der Waals surface area contributed by atoms with Gasteiger partial charge in [-0.1, -0.05) is 24.3 Å². The number of nitrogens with zero attached hydrogens (tertiary/aromatic N) is 2. The van der Waals surface area contributed by atoms with Gasteiger partial charge in [-0.15, -0.1) is 0 Å². The lowest BCUT2D eigenvalue weighted by atomic mass is 9.94. The Morgan fingerprint density at radius 1 is 1.06 bits per heavy atom. The molecule has 0 aliphatic carbocycles. The first-order chi connectivity index (χ1) is 16.5. The van der Waals surface area contributed by atoms with Crippen molar-refractivity contribution in [2.75, 3.05) is 27.2 Å². The zero-order chi connectivity index (χ0) is 25.4. The highest BCUT2D eigenvalue weighted by atomic mass is 32.2. The highest BCUT2D eigenvalue weighted by Gasteiger charge is 2.28. The molecule has 0 saturated carbocycles. The van der Waals surface area contributed by atoms with Crippen LogP contribution in [-0.4, -0.2) is 43.0 Å². The molecule has 1 amide bonds. The summed E-state index contributed by atoms with van der Waals surface area (Å²) in [6, 6.07) is 13.6. The van der Waals surface area contributed by atoms with E-state index in [9.17, 15) is 31.5 Å². The van der Waals surface area contributed by atoms with Gasteiger partial charge in [-0.3, -0.25) is 19.7 Å². The molecule has 0 bridgehead atoms. The Bertz CT molecular complexity index is 1380. The lowest BCUT2D eigenvalue weighted by molar-refractivity contribution is -0.0999. The van der Waals surface area contributed by atoms with Crippen molar-refractivity contribution < 1.29 is 31.5 Å². The Morgan fingerprint density at radius 3 is 2.40 bits per heavy atom. The average molecular weight is 507 g/mol. The number of carbonyl (C=O) groups is 1. The first kappa shape index (κ1) is 24.3. The van der Waals surface area contributed by atoms with Crippen LogP contribution in [0.1, 0.15) is 22.8 Å². The summed E-state index contributed by atoms with van der Waals surface area (Å²) < 4.78 is 63.4. The van der Waals surface area contributed by atoms with Gasteiger partial charge in [0.1, 0.15) is 5.82 Å². The fourth-order valence-corrected chi connectivity index (χ4v) is 4.27. The monoisotopic (exact) mass is 506 g/mol. The van der Waals surface area contributed by atoms with Gasteiger partial charge in [0.25, 0.3) is 5.91 Å². The van der Waals surface area contributed by atoms with Crippen LogP contribution in [0, 0.1) is 0 Å². The zero-order valence-electron chi connectivity index (χ0n) is 18.4. The minimum Gasteiger partial charge on any atom is -0.504 e. The Hall–Kier alpha value is -3.80. The number of aromatic nitrogens is 1. The van der Waals surface area contributed by atoms with Gasteiger partial charge >= 0.3 is 6.30 Å². The van der Waals surface area contributed by atoms with E-state index < -0.39 is 16.3 Å². The van der Waals surface area contributed by atoms with Crippen LogP contribution >= 0.6 is 0 Å². The third-order valence-corrected chi connectivity index (χ3v) is 6.72. The van der Waals surface area contributed by atoms with E-state index >= 15 is 0 Å². The van der Waals surface area contributed by atoms with Crippen molar-refractivity contribution in [3.63, 3.8) is 0 Å². The summed E-state index contributed by atoms with van der Waals surface area (Å²) in [7, 11) is -3.68. The lowest BCUT2D eigenvalue weighted by Gasteiger charge is -2.28. The van der Waals surface area contributed by atoms with Gasteiger partial charge < -0.3 is 5.11 Å². The van der Waals surface area contributed by atoms with E-state index in [1.807, 2.05) is 6.07 Å². The van der Waals surface area contributed by atoms with Gasteiger partial charge in [0.15, 0.2) is 11.6 Å². The molecule has 2 aromatic carbocycles. The molecule has 0 unspecified atom stereocenters. The third kappa shape index (κ3) is 5.48. The third-order valence-electron chi connectivity index (χ3n) is 5.46. The molecule has 0 radical (unpaired) electrons. The SMILES string of the molecule is CCS(=O)(=O)Nc1nc(N2CCc3cc(-c4ccc(NC(F)(F)F)cc4)ccc3C2=O)ccc1O. The summed E-state index contributed by atoms with van der Waals surface area (Å²) in [5.74, 6) is -0.995. The summed E-state index contributed by atoms with van der Waals surface area (Å²) in [5.41, 5.74) is 2.57. The number of halogens is 3. The van der Waals surface area contributed by atoms with Gasteiger partial charge in [0.05, 0.1) is 5.75 Å². The molecule has 1 aliphatic heterocycles. The van der Waals surface area contributed by atoms with Crippen LogP contribution in [-0.2, 0) is 16.4 Å². The molecular formula is C23H21F3N4O4S. The Morgan fingerprint density at radius 2 is 1.74 bits per heavy atom. The van der Waals surface area contributed by atoms with Crippen molar-refractivity contribution in [2.24, 2.45) is 0 Å². The van der Waals surface area contributed by atoms with Gasteiger partial charge in [0.2, 0.25) is 10.0 Å². The number of fused-ring (bicyclic) bond motifs is 1. The highest BCUT2D eigenvalue weighted by molar-refractivity contribution is 7.92. The number of anilines is 3. The molecule has 1 aromatic heterocycles. The number of alkyl halides is 3. The second-order valence-electron chi connectivity index (χ2n) is 7.82. The number of rotatable bonds is 6. The van der Waals surface area contributed by atoms with E-state index in [0.29, 0.717) is 17.5 Å². The highest BCUT2D eigenvalue weighted by Crippen LogP contribution is 2.31. The molecule has 2 heterocycles. The smallest absolute Gasteiger partial charge is 0.482 e. The Balaban J connectivity index is 1.57. The average Bonchev–Trinajstić information content (AvgIpc) is 2.80. The Kier molecular flexibility index (Phi) is 6.32. The van der Waals surface area contributed by atoms with Crippen molar-refractivity contribution >= 4 is 33.3 Å².